The van der Waals surface area contributed by atoms with Crippen molar-refractivity contribution in [2.75, 3.05) is 13.6 Å². The lowest BCUT2D eigenvalue weighted by molar-refractivity contribution is 0.334. The van der Waals surface area contributed by atoms with Gasteiger partial charge in [-0.1, -0.05) is 101 Å². The molecule has 1 aliphatic carbocycles. The van der Waals surface area contributed by atoms with Gasteiger partial charge >= 0.3 is 0 Å². The van der Waals surface area contributed by atoms with Crippen LogP contribution in [0.25, 0.3) is 28.0 Å². The van der Waals surface area contributed by atoms with Crippen molar-refractivity contribution in [2.24, 2.45) is 28.1 Å². The van der Waals surface area contributed by atoms with Crippen molar-refractivity contribution in [2.45, 2.75) is 54.0 Å². The highest BCUT2D eigenvalue weighted by Crippen LogP contribution is 2.38. The summed E-state index contributed by atoms with van der Waals surface area (Å²) in [7, 11) is 1.70. The molecule has 0 N–H and O–H groups in total. The first-order valence-corrected chi connectivity index (χ1v) is 15.4. The van der Waals surface area contributed by atoms with Gasteiger partial charge in [0.05, 0.1) is 25.8 Å². The number of aryl methyl sites for hydroxylation is 2. The number of aromatic nitrogens is 3. The summed E-state index contributed by atoms with van der Waals surface area (Å²) in [4.78, 5) is 9.63. The summed E-state index contributed by atoms with van der Waals surface area (Å²) in [6.45, 7) is 21.4. The smallest absolute Gasteiger partial charge is 0.160 e. The molecule has 3 unspecified atom stereocenters. The first-order valence-electron chi connectivity index (χ1n) is 15.4. The molecule has 4 aromatic rings. The molecule has 6 heteroatoms. The zero-order chi connectivity index (χ0) is 30.7. The minimum Gasteiger partial charge on any atom is -0.308 e. The van der Waals surface area contributed by atoms with Crippen molar-refractivity contribution in [3.8, 4) is 11.1 Å². The number of benzene rings is 2. The van der Waals surface area contributed by atoms with Crippen molar-refractivity contribution in [1.29, 1.82) is 0 Å². The third-order valence-corrected chi connectivity index (χ3v) is 9.11. The van der Waals surface area contributed by atoms with Crippen LogP contribution in [0.2, 0.25) is 0 Å². The molecule has 0 amide bonds. The first-order chi connectivity index (χ1) is 20.7. The Morgan fingerprint density at radius 1 is 1.05 bits per heavy atom. The normalized spacial score (nSPS) is 18.8. The molecule has 1 aliphatic rings. The number of rotatable bonds is 10. The fraction of sp³-hybridized carbons (Fsp3) is 0.351. The summed E-state index contributed by atoms with van der Waals surface area (Å²) in [6.07, 6.45) is 6.19. The highest BCUT2D eigenvalue weighted by molar-refractivity contribution is 5.80. The molecule has 0 bridgehead atoms. The largest absolute Gasteiger partial charge is 0.308 e. The Morgan fingerprint density at radius 2 is 1.79 bits per heavy atom. The molecule has 0 saturated carbocycles. The van der Waals surface area contributed by atoms with Crippen LogP contribution in [0.3, 0.4) is 0 Å². The molecule has 0 spiro atoms. The van der Waals surface area contributed by atoms with Crippen molar-refractivity contribution < 1.29 is 0 Å². The molecule has 2 heterocycles. The monoisotopic (exact) mass is 572 g/mol. The van der Waals surface area contributed by atoms with E-state index < -0.39 is 0 Å². The van der Waals surface area contributed by atoms with E-state index in [1.165, 1.54) is 16.7 Å². The maximum Gasteiger partial charge on any atom is 0.160 e. The Balaban J connectivity index is 1.42. The van der Waals surface area contributed by atoms with Crippen LogP contribution in [0, 0.1) is 24.7 Å². The number of pyridine rings is 1. The van der Waals surface area contributed by atoms with Crippen molar-refractivity contribution in [1.82, 2.24) is 19.5 Å². The fourth-order valence-electron chi connectivity index (χ4n) is 6.11. The summed E-state index contributed by atoms with van der Waals surface area (Å²) in [5, 5.41) is 10.6. The van der Waals surface area contributed by atoms with Crippen LogP contribution in [-0.4, -0.2) is 33.1 Å². The van der Waals surface area contributed by atoms with Crippen LogP contribution >= 0.6 is 0 Å². The van der Waals surface area contributed by atoms with Crippen LogP contribution in [-0.2, 0) is 13.0 Å². The van der Waals surface area contributed by atoms with Gasteiger partial charge in [-0.2, -0.15) is 5.11 Å². The van der Waals surface area contributed by atoms with Gasteiger partial charge in [0.2, 0.25) is 0 Å². The lowest BCUT2D eigenvalue weighted by atomic mass is 9.73. The number of fused-ring (bicyclic) bond motifs is 1. The number of hydrogen-bond acceptors (Lipinski definition) is 4. The van der Waals surface area contributed by atoms with Gasteiger partial charge in [-0.05, 0) is 70.6 Å². The Bertz CT molecular complexity index is 1690. The number of imidazole rings is 1. The highest BCUT2D eigenvalue weighted by atomic mass is 15.5. The highest BCUT2D eigenvalue weighted by Gasteiger charge is 2.28. The fourth-order valence-corrected chi connectivity index (χ4v) is 6.11. The summed E-state index contributed by atoms with van der Waals surface area (Å²) >= 11 is 0. The summed E-state index contributed by atoms with van der Waals surface area (Å²) in [6, 6.07) is 19.2. The number of nitrogens with zero attached hydrogens (tertiary/aromatic N) is 6. The third-order valence-electron chi connectivity index (χ3n) is 9.11. The van der Waals surface area contributed by atoms with E-state index in [4.69, 9.17) is 4.98 Å². The molecule has 5 rings (SSSR count). The zero-order valence-corrected chi connectivity index (χ0v) is 26.5. The van der Waals surface area contributed by atoms with E-state index in [2.05, 4.69) is 122 Å². The van der Waals surface area contributed by atoms with Gasteiger partial charge in [-0.25, -0.2) is 15.0 Å². The van der Waals surface area contributed by atoms with Crippen LogP contribution in [0.1, 0.15) is 56.6 Å². The maximum atomic E-state index is 4.94. The number of hydrogen-bond donors (Lipinski definition) is 0. The predicted octanol–water partition coefficient (Wildman–Crippen LogP) is 9.08. The second-order valence-corrected chi connectivity index (χ2v) is 11.9. The summed E-state index contributed by atoms with van der Waals surface area (Å²) in [5.74, 6) is 2.56. The van der Waals surface area contributed by atoms with Crippen LogP contribution in [0.5, 0.6) is 0 Å². The van der Waals surface area contributed by atoms with Crippen molar-refractivity contribution in [3.05, 3.63) is 114 Å². The zero-order valence-electron chi connectivity index (χ0n) is 26.5. The molecule has 43 heavy (non-hydrogen) atoms. The van der Waals surface area contributed by atoms with E-state index in [0.29, 0.717) is 24.3 Å². The van der Waals surface area contributed by atoms with E-state index in [-0.39, 0.29) is 0 Å². The van der Waals surface area contributed by atoms with Gasteiger partial charge in [0.25, 0.3) is 0 Å². The van der Waals surface area contributed by atoms with Gasteiger partial charge in [-0.3, -0.25) is 0 Å². The van der Waals surface area contributed by atoms with Crippen LogP contribution < -0.4 is 0 Å². The van der Waals surface area contributed by atoms with Crippen molar-refractivity contribution >= 4 is 16.9 Å². The average Bonchev–Trinajstić information content (AvgIpc) is 3.36. The molecule has 2 aromatic carbocycles. The minimum atomic E-state index is 0.424. The lowest BCUT2D eigenvalue weighted by Gasteiger charge is -2.34. The molecule has 6 nitrogen and oxygen atoms in total. The molecular weight excluding hydrogens is 528 g/mol. The summed E-state index contributed by atoms with van der Waals surface area (Å²) < 4.78 is 2.26. The molecule has 2 aromatic heterocycles. The topological polar surface area (TPSA) is 58.7 Å². The van der Waals surface area contributed by atoms with Crippen molar-refractivity contribution in [3.63, 3.8) is 0 Å². The molecule has 222 valence electrons. The summed E-state index contributed by atoms with van der Waals surface area (Å²) in [5.41, 5.74) is 10.8. The maximum absolute atomic E-state index is 4.94. The van der Waals surface area contributed by atoms with E-state index in [0.717, 1.165) is 64.3 Å². The average molecular weight is 573 g/mol. The van der Waals surface area contributed by atoms with Gasteiger partial charge in [-0.15, -0.1) is 0 Å². The predicted molar refractivity (Wildman–Crippen MR) is 178 cm³/mol. The molecular formula is C37H44N6. The van der Waals surface area contributed by atoms with Gasteiger partial charge < -0.3 is 4.57 Å². The molecule has 0 fully saturated rings. The molecule has 0 saturated heterocycles. The SMILES string of the molecule is C=C1C(CN(N=NC)C(=C)c2ccccc2-c2ccc(Cn3c(CCC)nc4c(C)ccnc43)cc2)=CC(C)C(C)C1C. The second-order valence-electron chi connectivity index (χ2n) is 11.9. The lowest BCUT2D eigenvalue weighted by Crippen LogP contribution is -2.27. The Labute approximate surface area is 256 Å². The Morgan fingerprint density at radius 3 is 2.51 bits per heavy atom. The van der Waals surface area contributed by atoms with E-state index in [9.17, 15) is 0 Å². The van der Waals surface area contributed by atoms with Gasteiger partial charge in [0, 0.05) is 18.2 Å². The van der Waals surface area contributed by atoms with E-state index in [1.54, 1.807) is 7.05 Å². The quantitative estimate of drug-likeness (QED) is 0.141. The minimum absolute atomic E-state index is 0.424. The third kappa shape index (κ3) is 6.10. The van der Waals surface area contributed by atoms with Crippen LogP contribution in [0.15, 0.2) is 102 Å². The molecule has 0 aliphatic heterocycles. The van der Waals surface area contributed by atoms with Gasteiger partial charge in [0.15, 0.2) is 5.65 Å². The first kappa shape index (κ1) is 30.1. The molecule has 3 atom stereocenters. The van der Waals surface area contributed by atoms with E-state index >= 15 is 0 Å². The Kier molecular flexibility index (Phi) is 9.05. The van der Waals surface area contributed by atoms with Gasteiger partial charge in [0.1, 0.15) is 11.3 Å². The van der Waals surface area contributed by atoms with E-state index in [1.807, 2.05) is 17.3 Å². The standard InChI is InChI=1S/C37H44N6/c1-9-12-35-40-36-24(2)19-20-39-37(36)42(35)22-30-15-17-31(18-16-30)34-14-11-10-13-33(34)29(7)43(41-38-8)23-32-21-25(3)26(4)27(5)28(32)6/h10-11,13-21,25-27H,6-7,9,12,22-23H2,1-5,8H3. The Hall–Kier alpha value is -4.32. The molecule has 0 radical (unpaired) electrons. The second kappa shape index (κ2) is 12.9. The van der Waals surface area contributed by atoms with Crippen LogP contribution in [0.4, 0.5) is 0 Å². The number of allylic oxidation sites excluding steroid dienone is 1.